The van der Waals surface area contributed by atoms with Crippen molar-refractivity contribution in [2.75, 3.05) is 4.90 Å². The highest BCUT2D eigenvalue weighted by Crippen LogP contribution is 2.46. The highest BCUT2D eigenvalue weighted by Gasteiger charge is 2.50. The molecule has 0 radical (unpaired) electrons. The second-order valence-corrected chi connectivity index (χ2v) is 16.5. The molecule has 0 N–H and O–H groups in total. The first-order valence-electron chi connectivity index (χ1n) is 16.4. The largest absolute Gasteiger partial charge is 0.458 e. The third-order valence-corrected chi connectivity index (χ3v) is 15.3. The van der Waals surface area contributed by atoms with Crippen LogP contribution in [-0.2, 0) is 0 Å². The fourth-order valence-electron chi connectivity index (χ4n) is 8.62. The minimum absolute atomic E-state index is 0.0187. The van der Waals surface area contributed by atoms with Gasteiger partial charge >= 0.3 is 0 Å². The fraction of sp³-hybridized carbons (Fsp3) is 0. The van der Waals surface area contributed by atoms with Crippen molar-refractivity contribution in [1.29, 1.82) is 0 Å². The number of ether oxygens (including phenoxy) is 3. The van der Waals surface area contributed by atoms with Crippen LogP contribution in [0.5, 0.6) is 34.5 Å². The molecule has 6 heteroatoms. The Morgan fingerprint density at radius 2 is 0.792 bits per heavy atom. The molecule has 4 aliphatic heterocycles. The smallest absolute Gasteiger partial charge is 0.270 e. The first kappa shape index (κ1) is 26.1. The molecule has 0 unspecified atom stereocenters. The molecule has 0 bridgehead atoms. The molecule has 7 aromatic carbocycles. The summed E-state index contributed by atoms with van der Waals surface area (Å²) in [5.74, 6) is 4.96. The second kappa shape index (κ2) is 9.53. The summed E-state index contributed by atoms with van der Waals surface area (Å²) in [5.41, 5.74) is 6.53. The van der Waals surface area contributed by atoms with E-state index in [-0.39, 0.29) is 6.71 Å². The molecule has 224 valence electrons. The molecule has 4 nitrogen and oxygen atoms in total. The Labute approximate surface area is 279 Å². The van der Waals surface area contributed by atoms with E-state index in [9.17, 15) is 0 Å². The van der Waals surface area contributed by atoms with Gasteiger partial charge in [-0.05, 0) is 57.1 Å². The Morgan fingerprint density at radius 3 is 1.27 bits per heavy atom. The predicted octanol–water partition coefficient (Wildman–Crippen LogP) is 5.68. The van der Waals surface area contributed by atoms with Gasteiger partial charge in [0.2, 0.25) is 0 Å². The minimum Gasteiger partial charge on any atom is -0.458 e. The van der Waals surface area contributed by atoms with Gasteiger partial charge in [-0.3, -0.25) is 0 Å². The van der Waals surface area contributed by atoms with Gasteiger partial charge in [-0.15, -0.1) is 0 Å². The Bertz CT molecular complexity index is 2300. The lowest BCUT2D eigenvalue weighted by Crippen LogP contribution is -2.77. The van der Waals surface area contributed by atoms with Crippen LogP contribution in [0.25, 0.3) is 0 Å². The summed E-state index contributed by atoms with van der Waals surface area (Å²) in [7, 11) is -2.71. The van der Waals surface area contributed by atoms with Gasteiger partial charge in [0.05, 0.1) is 5.69 Å². The topological polar surface area (TPSA) is 30.9 Å². The van der Waals surface area contributed by atoms with Crippen LogP contribution in [0, 0.1) is 0 Å². The molecule has 0 saturated carbocycles. The van der Waals surface area contributed by atoms with Crippen molar-refractivity contribution >= 4 is 69.0 Å². The summed E-state index contributed by atoms with van der Waals surface area (Å²) >= 11 is 0. The van der Waals surface area contributed by atoms with Gasteiger partial charge in [0.1, 0.15) is 34.5 Å². The molecular formula is C42H26BNO3Si. The summed E-state index contributed by atoms with van der Waals surface area (Å²) in [4.78, 5) is 2.41. The highest BCUT2D eigenvalue weighted by molar-refractivity contribution is 7.21. The lowest BCUT2D eigenvalue weighted by Gasteiger charge is -2.45. The SMILES string of the molecule is c1ccc([Si]2(c3ccccc3)c3ccccc3N(c3cc4c5c(c3)Oc3cccc6c3B5c3c(cccc3O4)O6)c3ccccc32)cc1. The maximum atomic E-state index is 6.76. The van der Waals surface area contributed by atoms with E-state index in [1.54, 1.807) is 0 Å². The molecule has 0 atom stereocenters. The standard InChI is InChI=1S/C42H26BNO3Si/c1-3-13-28(14-4-1)48(29-15-5-2-6-16-29)38-23-9-7-17-30(38)44(31-18-8-10-24-39(31)48)27-25-36-42-37(26-27)47-35-22-12-20-33-41(35)43(42)40-32(45-33)19-11-21-34(40)46-36/h1-26H. The zero-order valence-corrected chi connectivity index (χ0v) is 26.8. The van der Waals surface area contributed by atoms with E-state index in [4.69, 9.17) is 14.2 Å². The summed E-state index contributed by atoms with van der Waals surface area (Å²) in [6, 6.07) is 56.7. The molecule has 48 heavy (non-hydrogen) atoms. The van der Waals surface area contributed by atoms with Crippen molar-refractivity contribution in [2.45, 2.75) is 0 Å². The normalized spacial score (nSPS) is 14.8. The van der Waals surface area contributed by atoms with Crippen LogP contribution < -0.4 is 56.2 Å². The van der Waals surface area contributed by atoms with Crippen molar-refractivity contribution in [3.8, 4) is 34.5 Å². The quantitative estimate of drug-likeness (QED) is 0.235. The van der Waals surface area contributed by atoms with E-state index in [1.165, 1.54) is 32.1 Å². The van der Waals surface area contributed by atoms with E-state index in [1.807, 2.05) is 36.4 Å². The molecule has 0 saturated heterocycles. The van der Waals surface area contributed by atoms with Gasteiger partial charge in [-0.25, -0.2) is 0 Å². The zero-order valence-electron chi connectivity index (χ0n) is 25.8. The summed E-state index contributed by atoms with van der Waals surface area (Å²) in [6.45, 7) is -0.0187. The number of para-hydroxylation sites is 2. The summed E-state index contributed by atoms with van der Waals surface area (Å²) in [6.07, 6.45) is 0. The average Bonchev–Trinajstić information content (AvgIpc) is 3.14. The lowest BCUT2D eigenvalue weighted by atomic mass is 9.34. The third kappa shape index (κ3) is 3.29. The molecule has 7 aromatic rings. The number of hydrogen-bond acceptors (Lipinski definition) is 4. The third-order valence-electron chi connectivity index (χ3n) is 10.4. The maximum Gasteiger partial charge on any atom is 0.270 e. The Balaban J connectivity index is 1.19. The number of rotatable bonds is 3. The van der Waals surface area contributed by atoms with E-state index in [0.29, 0.717) is 0 Å². The van der Waals surface area contributed by atoms with Gasteiger partial charge in [-0.2, -0.15) is 0 Å². The van der Waals surface area contributed by atoms with Crippen LogP contribution in [-0.4, -0.2) is 14.8 Å². The summed E-state index contributed by atoms with van der Waals surface area (Å²) < 4.78 is 19.9. The van der Waals surface area contributed by atoms with E-state index in [2.05, 4.69) is 126 Å². The Kier molecular flexibility index (Phi) is 5.19. The zero-order chi connectivity index (χ0) is 31.4. The van der Waals surface area contributed by atoms with Crippen molar-refractivity contribution in [3.63, 3.8) is 0 Å². The summed E-state index contributed by atoms with van der Waals surface area (Å²) in [5, 5.41) is 5.43. The number of nitrogens with zero attached hydrogens (tertiary/aromatic N) is 1. The lowest BCUT2D eigenvalue weighted by molar-refractivity contribution is 0.443. The molecule has 0 aromatic heterocycles. The predicted molar refractivity (Wildman–Crippen MR) is 196 cm³/mol. The second-order valence-electron chi connectivity index (χ2n) is 12.8. The molecule has 11 rings (SSSR count). The van der Waals surface area contributed by atoms with Crippen LogP contribution in [0.4, 0.5) is 17.1 Å². The van der Waals surface area contributed by atoms with E-state index < -0.39 is 8.07 Å². The maximum absolute atomic E-state index is 6.76. The van der Waals surface area contributed by atoms with Crippen molar-refractivity contribution < 1.29 is 14.2 Å². The first-order chi connectivity index (χ1) is 23.8. The number of benzene rings is 7. The fourth-order valence-corrected chi connectivity index (χ4v) is 13.7. The Morgan fingerprint density at radius 1 is 0.396 bits per heavy atom. The molecule has 0 amide bonds. The van der Waals surface area contributed by atoms with Crippen LogP contribution >= 0.6 is 0 Å². The Hall–Kier alpha value is -5.98. The van der Waals surface area contributed by atoms with Gasteiger partial charge < -0.3 is 19.1 Å². The van der Waals surface area contributed by atoms with Crippen LogP contribution in [0.2, 0.25) is 0 Å². The van der Waals surface area contributed by atoms with Crippen molar-refractivity contribution in [3.05, 3.63) is 158 Å². The van der Waals surface area contributed by atoms with Crippen LogP contribution in [0.15, 0.2) is 158 Å². The number of anilines is 3. The highest BCUT2D eigenvalue weighted by atomic mass is 28.3. The van der Waals surface area contributed by atoms with Gasteiger partial charge in [0, 0.05) is 39.9 Å². The van der Waals surface area contributed by atoms with Gasteiger partial charge in [-0.1, -0.05) is 109 Å². The molecule has 4 heterocycles. The number of hydrogen-bond donors (Lipinski definition) is 0. The van der Waals surface area contributed by atoms with Gasteiger partial charge in [0.25, 0.3) is 6.71 Å². The number of fused-ring (bicyclic) bond motifs is 2. The molecular weight excluding hydrogens is 605 g/mol. The molecule has 0 aliphatic carbocycles. The average molecular weight is 632 g/mol. The minimum atomic E-state index is -2.71. The van der Waals surface area contributed by atoms with E-state index >= 15 is 0 Å². The first-order valence-corrected chi connectivity index (χ1v) is 18.4. The van der Waals surface area contributed by atoms with Crippen molar-refractivity contribution in [2.24, 2.45) is 0 Å². The van der Waals surface area contributed by atoms with Crippen LogP contribution in [0.3, 0.4) is 0 Å². The van der Waals surface area contributed by atoms with Crippen LogP contribution in [0.1, 0.15) is 0 Å². The van der Waals surface area contributed by atoms with E-state index in [0.717, 1.165) is 56.6 Å². The molecule has 0 spiro atoms. The van der Waals surface area contributed by atoms with Gasteiger partial charge in [0.15, 0.2) is 8.07 Å². The van der Waals surface area contributed by atoms with Crippen molar-refractivity contribution in [1.82, 2.24) is 0 Å². The molecule has 0 fully saturated rings. The monoisotopic (exact) mass is 631 g/mol. The molecule has 4 aliphatic rings.